The van der Waals surface area contributed by atoms with Gasteiger partial charge in [0, 0.05) is 11.3 Å². The first-order chi connectivity index (χ1) is 15.7. The number of nitrogens with zero attached hydrogens (tertiary/aromatic N) is 1. The molecule has 0 aliphatic carbocycles. The Kier molecular flexibility index (Phi) is 6.52. The molecule has 0 aliphatic heterocycles. The maximum Gasteiger partial charge on any atom is 0.259 e. The molecule has 4 rings (SSSR count). The number of anilines is 1. The minimum Gasteiger partial charge on any atom is -0.497 e. The van der Waals surface area contributed by atoms with Crippen molar-refractivity contribution < 1.29 is 14.3 Å². The molecule has 0 unspecified atom stereocenters. The molecule has 160 valence electrons. The highest BCUT2D eigenvalue weighted by Gasteiger charge is 2.29. The second-order valence-corrected chi connectivity index (χ2v) is 7.33. The molecule has 4 aromatic carbocycles. The molecule has 4 nitrogen and oxygen atoms in total. The van der Waals surface area contributed by atoms with Crippen molar-refractivity contribution in [1.82, 2.24) is 0 Å². The van der Waals surface area contributed by atoms with Gasteiger partial charge in [-0.15, -0.1) is 0 Å². The van der Waals surface area contributed by atoms with E-state index in [9.17, 15) is 4.79 Å². The van der Waals surface area contributed by atoms with Crippen LogP contribution in [0.15, 0.2) is 109 Å². The SMILES string of the molecule is COc1ccc(C(c2ccc(OC)cc2)N(C(=O)c2ccccc2)c2ccccc2)cc1. The molecule has 0 fully saturated rings. The van der Waals surface area contributed by atoms with E-state index in [0.717, 1.165) is 28.3 Å². The van der Waals surface area contributed by atoms with Gasteiger partial charge in [0.25, 0.3) is 5.91 Å². The van der Waals surface area contributed by atoms with E-state index in [1.165, 1.54) is 0 Å². The molecule has 0 bridgehead atoms. The Morgan fingerprint density at radius 3 is 1.50 bits per heavy atom. The number of benzene rings is 4. The zero-order chi connectivity index (χ0) is 22.3. The normalized spacial score (nSPS) is 10.6. The van der Waals surface area contributed by atoms with E-state index in [4.69, 9.17) is 9.47 Å². The standard InChI is InChI=1S/C28H25NO3/c1-31-25-17-13-21(14-18-25)27(22-15-19-26(32-2)20-16-22)29(24-11-7-4-8-12-24)28(30)23-9-5-3-6-10-23/h3-20,27H,1-2H3. The van der Waals surface area contributed by atoms with E-state index >= 15 is 0 Å². The molecule has 0 N–H and O–H groups in total. The van der Waals surface area contributed by atoms with Crippen molar-refractivity contribution in [1.29, 1.82) is 0 Å². The van der Waals surface area contributed by atoms with Crippen LogP contribution in [0.4, 0.5) is 5.69 Å². The molecule has 0 aliphatic rings. The molecular formula is C28H25NO3. The van der Waals surface area contributed by atoms with Gasteiger partial charge in [-0.3, -0.25) is 9.69 Å². The van der Waals surface area contributed by atoms with Crippen LogP contribution < -0.4 is 14.4 Å². The molecule has 4 aromatic rings. The van der Waals surface area contributed by atoms with Crippen molar-refractivity contribution >= 4 is 11.6 Å². The lowest BCUT2D eigenvalue weighted by Crippen LogP contribution is -2.35. The van der Waals surface area contributed by atoms with Crippen LogP contribution in [0.25, 0.3) is 0 Å². The Morgan fingerprint density at radius 2 is 1.06 bits per heavy atom. The number of hydrogen-bond acceptors (Lipinski definition) is 3. The molecular weight excluding hydrogens is 398 g/mol. The Labute approximate surface area is 188 Å². The van der Waals surface area contributed by atoms with Gasteiger partial charge in [-0.05, 0) is 59.7 Å². The van der Waals surface area contributed by atoms with Crippen LogP contribution in [0.2, 0.25) is 0 Å². The predicted octanol–water partition coefficient (Wildman–Crippen LogP) is 6.14. The average Bonchev–Trinajstić information content (AvgIpc) is 2.88. The summed E-state index contributed by atoms with van der Waals surface area (Å²) in [7, 11) is 3.29. The summed E-state index contributed by atoms with van der Waals surface area (Å²) in [6, 6.07) is 34.5. The highest BCUT2D eigenvalue weighted by atomic mass is 16.5. The van der Waals surface area contributed by atoms with Gasteiger partial charge in [0.1, 0.15) is 11.5 Å². The van der Waals surface area contributed by atoms with E-state index in [-0.39, 0.29) is 11.9 Å². The van der Waals surface area contributed by atoms with Crippen LogP contribution in [0.1, 0.15) is 27.5 Å². The third-order valence-corrected chi connectivity index (χ3v) is 5.40. The average molecular weight is 424 g/mol. The summed E-state index contributed by atoms with van der Waals surface area (Å²) in [5.74, 6) is 1.46. The number of hydrogen-bond donors (Lipinski definition) is 0. The zero-order valence-corrected chi connectivity index (χ0v) is 18.1. The second kappa shape index (κ2) is 9.84. The molecule has 0 atom stereocenters. The summed E-state index contributed by atoms with van der Waals surface area (Å²) < 4.78 is 10.7. The zero-order valence-electron chi connectivity index (χ0n) is 18.1. The summed E-state index contributed by atoms with van der Waals surface area (Å²) in [4.78, 5) is 15.7. The molecule has 0 heterocycles. The molecule has 0 radical (unpaired) electrons. The predicted molar refractivity (Wildman–Crippen MR) is 128 cm³/mol. The first kappa shape index (κ1) is 21.2. The molecule has 0 spiro atoms. The number of ether oxygens (including phenoxy) is 2. The fraction of sp³-hybridized carbons (Fsp3) is 0.107. The number of para-hydroxylation sites is 1. The summed E-state index contributed by atoms with van der Waals surface area (Å²) >= 11 is 0. The second-order valence-electron chi connectivity index (χ2n) is 7.33. The van der Waals surface area contributed by atoms with Gasteiger partial charge in [0.05, 0.1) is 20.3 Å². The van der Waals surface area contributed by atoms with Crippen LogP contribution in [0.5, 0.6) is 11.5 Å². The quantitative estimate of drug-likeness (QED) is 0.358. The van der Waals surface area contributed by atoms with Crippen LogP contribution in [-0.2, 0) is 0 Å². The molecule has 4 heteroatoms. The molecule has 0 aromatic heterocycles. The van der Waals surface area contributed by atoms with Crippen molar-refractivity contribution in [2.24, 2.45) is 0 Å². The summed E-state index contributed by atoms with van der Waals surface area (Å²) in [6.45, 7) is 0. The first-order valence-electron chi connectivity index (χ1n) is 10.4. The largest absolute Gasteiger partial charge is 0.497 e. The van der Waals surface area contributed by atoms with E-state index in [1.54, 1.807) is 14.2 Å². The third kappa shape index (κ3) is 4.49. The topological polar surface area (TPSA) is 38.8 Å². The van der Waals surface area contributed by atoms with E-state index in [0.29, 0.717) is 5.56 Å². The van der Waals surface area contributed by atoms with Crippen molar-refractivity contribution in [2.75, 3.05) is 19.1 Å². The maximum absolute atomic E-state index is 13.9. The van der Waals surface area contributed by atoms with E-state index < -0.39 is 0 Å². The van der Waals surface area contributed by atoms with Crippen molar-refractivity contribution in [2.45, 2.75) is 6.04 Å². The highest BCUT2D eigenvalue weighted by Crippen LogP contribution is 2.35. The first-order valence-corrected chi connectivity index (χ1v) is 10.4. The number of amides is 1. The minimum atomic E-state index is -0.345. The Morgan fingerprint density at radius 1 is 0.625 bits per heavy atom. The number of carbonyl (C=O) groups is 1. The molecule has 0 saturated heterocycles. The van der Waals surface area contributed by atoms with Crippen molar-refractivity contribution in [3.8, 4) is 11.5 Å². The highest BCUT2D eigenvalue weighted by molar-refractivity contribution is 6.07. The van der Waals surface area contributed by atoms with Crippen molar-refractivity contribution in [3.05, 3.63) is 126 Å². The van der Waals surface area contributed by atoms with Gasteiger partial charge in [-0.2, -0.15) is 0 Å². The van der Waals surface area contributed by atoms with Gasteiger partial charge in [0.2, 0.25) is 0 Å². The van der Waals surface area contributed by atoms with Crippen LogP contribution >= 0.6 is 0 Å². The lowest BCUT2D eigenvalue weighted by molar-refractivity contribution is 0.0980. The summed E-state index contributed by atoms with van der Waals surface area (Å²) in [5.41, 5.74) is 3.40. The maximum atomic E-state index is 13.9. The Balaban J connectivity index is 1.89. The lowest BCUT2D eigenvalue weighted by atomic mass is 9.95. The van der Waals surface area contributed by atoms with E-state index in [1.807, 2.05) is 114 Å². The molecule has 0 saturated carbocycles. The monoisotopic (exact) mass is 423 g/mol. The smallest absolute Gasteiger partial charge is 0.259 e. The van der Waals surface area contributed by atoms with Gasteiger partial charge >= 0.3 is 0 Å². The van der Waals surface area contributed by atoms with Crippen LogP contribution in [0, 0.1) is 0 Å². The Hall–Kier alpha value is -4.05. The number of rotatable bonds is 7. The molecule has 1 amide bonds. The minimum absolute atomic E-state index is 0.0755. The van der Waals surface area contributed by atoms with Crippen LogP contribution in [0.3, 0.4) is 0 Å². The number of carbonyl (C=O) groups excluding carboxylic acids is 1. The van der Waals surface area contributed by atoms with Crippen molar-refractivity contribution in [3.63, 3.8) is 0 Å². The lowest BCUT2D eigenvalue weighted by Gasteiger charge is -2.33. The summed E-state index contributed by atoms with van der Waals surface area (Å²) in [5, 5.41) is 0. The fourth-order valence-corrected chi connectivity index (χ4v) is 3.75. The summed E-state index contributed by atoms with van der Waals surface area (Å²) in [6.07, 6.45) is 0. The van der Waals surface area contributed by atoms with Gasteiger partial charge in [-0.1, -0.05) is 60.7 Å². The fourth-order valence-electron chi connectivity index (χ4n) is 3.75. The van der Waals surface area contributed by atoms with Gasteiger partial charge < -0.3 is 9.47 Å². The third-order valence-electron chi connectivity index (χ3n) is 5.40. The molecule has 32 heavy (non-hydrogen) atoms. The van der Waals surface area contributed by atoms with Gasteiger partial charge in [-0.25, -0.2) is 0 Å². The van der Waals surface area contributed by atoms with E-state index in [2.05, 4.69) is 0 Å². The van der Waals surface area contributed by atoms with Crippen LogP contribution in [-0.4, -0.2) is 20.1 Å². The number of methoxy groups -OCH3 is 2. The Bertz CT molecular complexity index is 1090. The van der Waals surface area contributed by atoms with Gasteiger partial charge in [0.15, 0.2) is 0 Å².